The highest BCUT2D eigenvalue weighted by Crippen LogP contribution is 2.37. The average molecular weight is 311 g/mol. The van der Waals surface area contributed by atoms with Crippen molar-refractivity contribution in [3.8, 4) is 0 Å². The van der Waals surface area contributed by atoms with E-state index in [1.165, 1.54) is 9.87 Å². The van der Waals surface area contributed by atoms with Gasteiger partial charge in [-0.3, -0.25) is 0 Å². The lowest BCUT2D eigenvalue weighted by atomic mass is 10.1. The molecule has 0 amide bonds. The van der Waals surface area contributed by atoms with E-state index < -0.39 is 10.0 Å². The minimum absolute atomic E-state index is 0.123. The monoisotopic (exact) mass is 311 g/mol. The molecule has 0 saturated heterocycles. The van der Waals surface area contributed by atoms with E-state index in [0.717, 1.165) is 24.8 Å². The minimum atomic E-state index is -3.35. The van der Waals surface area contributed by atoms with Crippen molar-refractivity contribution in [2.24, 2.45) is 5.92 Å². The molecule has 0 bridgehead atoms. The van der Waals surface area contributed by atoms with Crippen molar-refractivity contribution in [2.45, 2.75) is 39.2 Å². The number of sulfonamides is 1. The molecule has 0 fully saturated rings. The third-order valence-corrected chi connectivity index (χ3v) is 6.46. The SMILES string of the molecule is CCC(C)CS(=O)(=O)N(CCO)C1CCc2ccccc21. The first-order valence-corrected chi connectivity index (χ1v) is 9.28. The predicted octanol–water partition coefficient (Wildman–Crippen LogP) is 2.34. The summed E-state index contributed by atoms with van der Waals surface area (Å²) in [5.74, 6) is 0.287. The normalized spacial score (nSPS) is 19.7. The molecule has 0 heterocycles. The topological polar surface area (TPSA) is 57.6 Å². The molecule has 1 aromatic carbocycles. The summed E-state index contributed by atoms with van der Waals surface area (Å²) < 4.78 is 26.9. The van der Waals surface area contributed by atoms with E-state index >= 15 is 0 Å². The molecule has 1 N–H and O–H groups in total. The molecule has 2 rings (SSSR count). The van der Waals surface area contributed by atoms with Crippen LogP contribution in [0.15, 0.2) is 24.3 Å². The van der Waals surface area contributed by atoms with Gasteiger partial charge in [0.2, 0.25) is 10.0 Å². The molecule has 2 atom stereocenters. The van der Waals surface area contributed by atoms with Crippen LogP contribution in [-0.2, 0) is 16.4 Å². The number of nitrogens with zero attached hydrogens (tertiary/aromatic N) is 1. The van der Waals surface area contributed by atoms with E-state index in [1.54, 1.807) is 0 Å². The molecule has 0 radical (unpaired) electrons. The van der Waals surface area contributed by atoms with E-state index in [2.05, 4.69) is 6.07 Å². The quantitative estimate of drug-likeness (QED) is 0.841. The largest absolute Gasteiger partial charge is 0.395 e. The molecule has 1 aliphatic rings. The zero-order valence-corrected chi connectivity index (χ0v) is 13.6. The third kappa shape index (κ3) is 3.65. The van der Waals surface area contributed by atoms with Gasteiger partial charge in [-0.15, -0.1) is 0 Å². The zero-order chi connectivity index (χ0) is 15.5. The van der Waals surface area contributed by atoms with Crippen LogP contribution in [0, 0.1) is 5.92 Å². The van der Waals surface area contributed by atoms with E-state index in [-0.39, 0.29) is 30.9 Å². The maximum Gasteiger partial charge on any atom is 0.214 e. The fraction of sp³-hybridized carbons (Fsp3) is 0.625. The highest BCUT2D eigenvalue weighted by Gasteiger charge is 2.35. The lowest BCUT2D eigenvalue weighted by molar-refractivity contribution is 0.225. The van der Waals surface area contributed by atoms with Crippen molar-refractivity contribution >= 4 is 10.0 Å². The van der Waals surface area contributed by atoms with Gasteiger partial charge in [0.15, 0.2) is 0 Å². The first-order valence-electron chi connectivity index (χ1n) is 7.67. The zero-order valence-electron chi connectivity index (χ0n) is 12.8. The standard InChI is InChI=1S/C16H25NO3S/c1-3-13(2)12-21(19,20)17(10-11-18)16-9-8-14-6-4-5-7-15(14)16/h4-7,13,16,18H,3,8-12H2,1-2H3. The summed E-state index contributed by atoms with van der Waals surface area (Å²) in [5, 5.41) is 9.29. The number of hydrogen-bond acceptors (Lipinski definition) is 3. The van der Waals surface area contributed by atoms with E-state index in [4.69, 9.17) is 0 Å². The summed E-state index contributed by atoms with van der Waals surface area (Å²) in [6.45, 7) is 3.99. The van der Waals surface area contributed by atoms with Gasteiger partial charge in [0.05, 0.1) is 18.4 Å². The summed E-state index contributed by atoms with van der Waals surface area (Å²) in [7, 11) is -3.35. The summed E-state index contributed by atoms with van der Waals surface area (Å²) in [5.41, 5.74) is 2.32. The number of fused-ring (bicyclic) bond motifs is 1. The van der Waals surface area contributed by atoms with Gasteiger partial charge in [-0.25, -0.2) is 8.42 Å². The van der Waals surface area contributed by atoms with Crippen LogP contribution in [0.4, 0.5) is 0 Å². The Morgan fingerprint density at radius 3 is 2.76 bits per heavy atom. The minimum Gasteiger partial charge on any atom is -0.395 e. The van der Waals surface area contributed by atoms with Gasteiger partial charge in [0, 0.05) is 6.54 Å². The van der Waals surface area contributed by atoms with Crippen molar-refractivity contribution in [1.82, 2.24) is 4.31 Å². The molecule has 0 saturated carbocycles. The Balaban J connectivity index is 2.28. The molecule has 0 aromatic heterocycles. The second-order valence-corrected chi connectivity index (χ2v) is 7.85. The smallest absolute Gasteiger partial charge is 0.214 e. The Morgan fingerprint density at radius 2 is 2.10 bits per heavy atom. The second kappa shape index (κ2) is 6.90. The van der Waals surface area contributed by atoms with Crippen LogP contribution in [0.2, 0.25) is 0 Å². The van der Waals surface area contributed by atoms with Crippen LogP contribution >= 0.6 is 0 Å². The number of aryl methyl sites for hydroxylation is 1. The summed E-state index contributed by atoms with van der Waals surface area (Å²) in [6.07, 6.45) is 2.55. The molecule has 0 spiro atoms. The fourth-order valence-corrected chi connectivity index (χ4v) is 5.11. The highest BCUT2D eigenvalue weighted by molar-refractivity contribution is 7.89. The van der Waals surface area contributed by atoms with Crippen LogP contribution < -0.4 is 0 Å². The van der Waals surface area contributed by atoms with Crippen molar-refractivity contribution < 1.29 is 13.5 Å². The first kappa shape index (κ1) is 16.5. The Kier molecular flexibility index (Phi) is 5.41. The number of aliphatic hydroxyl groups is 1. The van der Waals surface area contributed by atoms with Gasteiger partial charge in [-0.05, 0) is 29.9 Å². The van der Waals surface area contributed by atoms with Gasteiger partial charge in [-0.2, -0.15) is 4.31 Å². The van der Waals surface area contributed by atoms with Crippen LogP contribution in [0.25, 0.3) is 0 Å². The molecule has 5 heteroatoms. The Hall–Kier alpha value is -0.910. The molecule has 1 aromatic rings. The van der Waals surface area contributed by atoms with Crippen molar-refractivity contribution in [2.75, 3.05) is 18.9 Å². The predicted molar refractivity (Wildman–Crippen MR) is 84.5 cm³/mol. The highest BCUT2D eigenvalue weighted by atomic mass is 32.2. The number of benzene rings is 1. The summed E-state index contributed by atoms with van der Waals surface area (Å²) in [4.78, 5) is 0. The van der Waals surface area contributed by atoms with Crippen LogP contribution in [-0.4, -0.2) is 36.7 Å². The third-order valence-electron chi connectivity index (χ3n) is 4.32. The molecular weight excluding hydrogens is 286 g/mol. The van der Waals surface area contributed by atoms with Crippen LogP contribution in [0.3, 0.4) is 0 Å². The number of rotatable bonds is 7. The van der Waals surface area contributed by atoms with Gasteiger partial charge in [-0.1, -0.05) is 44.5 Å². The fourth-order valence-electron chi connectivity index (χ4n) is 2.99. The molecule has 118 valence electrons. The lowest BCUT2D eigenvalue weighted by Gasteiger charge is -2.29. The summed E-state index contributed by atoms with van der Waals surface area (Å²) >= 11 is 0. The first-order chi connectivity index (χ1) is 9.99. The second-order valence-electron chi connectivity index (χ2n) is 5.88. The maximum atomic E-state index is 12.7. The van der Waals surface area contributed by atoms with Crippen LogP contribution in [0.5, 0.6) is 0 Å². The lowest BCUT2D eigenvalue weighted by Crippen LogP contribution is -2.39. The molecule has 21 heavy (non-hydrogen) atoms. The molecular formula is C16H25NO3S. The van der Waals surface area contributed by atoms with E-state index in [9.17, 15) is 13.5 Å². The number of hydrogen-bond donors (Lipinski definition) is 1. The van der Waals surface area contributed by atoms with Gasteiger partial charge < -0.3 is 5.11 Å². The molecule has 2 unspecified atom stereocenters. The Morgan fingerprint density at radius 1 is 1.38 bits per heavy atom. The average Bonchev–Trinajstić information content (AvgIpc) is 2.87. The molecule has 0 aliphatic heterocycles. The van der Waals surface area contributed by atoms with Crippen molar-refractivity contribution in [3.05, 3.63) is 35.4 Å². The van der Waals surface area contributed by atoms with E-state index in [0.29, 0.717) is 0 Å². The van der Waals surface area contributed by atoms with Crippen molar-refractivity contribution in [1.29, 1.82) is 0 Å². The Labute approximate surface area is 127 Å². The van der Waals surface area contributed by atoms with Crippen molar-refractivity contribution in [3.63, 3.8) is 0 Å². The van der Waals surface area contributed by atoms with Gasteiger partial charge in [0.25, 0.3) is 0 Å². The van der Waals surface area contributed by atoms with Crippen LogP contribution in [0.1, 0.15) is 43.9 Å². The number of aliphatic hydroxyl groups excluding tert-OH is 1. The van der Waals surface area contributed by atoms with E-state index in [1.807, 2.05) is 32.0 Å². The Bertz CT molecular complexity index is 571. The van der Waals surface area contributed by atoms with Gasteiger partial charge in [0.1, 0.15) is 0 Å². The molecule has 1 aliphatic carbocycles. The summed E-state index contributed by atoms with van der Waals surface area (Å²) in [6, 6.07) is 7.90. The maximum absolute atomic E-state index is 12.7. The van der Waals surface area contributed by atoms with Gasteiger partial charge >= 0.3 is 0 Å². The molecule has 4 nitrogen and oxygen atoms in total.